The first-order valence-corrected chi connectivity index (χ1v) is 19.2. The van der Waals surface area contributed by atoms with Gasteiger partial charge < -0.3 is 0 Å². The van der Waals surface area contributed by atoms with Crippen LogP contribution in [0.15, 0.2) is 182 Å². The van der Waals surface area contributed by atoms with Crippen LogP contribution < -0.4 is 31.8 Å². The number of benzene rings is 8. The summed E-state index contributed by atoms with van der Waals surface area (Å²) in [5.74, 6) is 0. The number of hydrogen-bond acceptors (Lipinski definition) is 0. The zero-order chi connectivity index (χ0) is 32.5. The maximum atomic E-state index is 2.45. The molecule has 0 amide bonds. The van der Waals surface area contributed by atoms with Crippen LogP contribution in [0.5, 0.6) is 0 Å². The SMILES string of the molecule is Cc1cccc2c(-c3c(P(c4ccccc4)c4ccccc4)ccc4c(C)cccc34)c(P(c3ccccc3)c3ccccc3)ccc12. The molecule has 0 aliphatic carbocycles. The molecule has 0 aliphatic heterocycles. The number of aryl methyl sites for hydroxylation is 2. The average molecular weight is 651 g/mol. The molecule has 0 atom stereocenters. The molecule has 0 N–H and O–H groups in total. The molecule has 0 bridgehead atoms. The molecule has 0 unspecified atom stereocenters. The molecule has 0 saturated heterocycles. The normalized spacial score (nSPS) is 11.5. The molecule has 8 rings (SSSR count). The summed E-state index contributed by atoms with van der Waals surface area (Å²) in [7, 11) is -1.74. The van der Waals surface area contributed by atoms with Gasteiger partial charge in [-0.2, -0.15) is 0 Å². The molecule has 0 fully saturated rings. The van der Waals surface area contributed by atoms with E-state index in [4.69, 9.17) is 0 Å². The molecular formula is C46H36P2. The van der Waals surface area contributed by atoms with E-state index in [1.165, 1.54) is 75.6 Å². The van der Waals surface area contributed by atoms with E-state index in [2.05, 4.69) is 196 Å². The monoisotopic (exact) mass is 650 g/mol. The molecule has 0 saturated carbocycles. The number of rotatable bonds is 7. The van der Waals surface area contributed by atoms with E-state index in [1.54, 1.807) is 0 Å². The smallest absolute Gasteiger partial charge is 0.000873 e. The Morgan fingerprint density at radius 3 is 0.896 bits per heavy atom. The minimum Gasteiger partial charge on any atom is -0.0622 e. The van der Waals surface area contributed by atoms with Crippen molar-refractivity contribution in [2.75, 3.05) is 0 Å². The summed E-state index contributed by atoms with van der Waals surface area (Å²) in [6.07, 6.45) is 0. The van der Waals surface area contributed by atoms with Gasteiger partial charge in [0.05, 0.1) is 0 Å². The van der Waals surface area contributed by atoms with Gasteiger partial charge >= 0.3 is 0 Å². The third kappa shape index (κ3) is 5.56. The van der Waals surface area contributed by atoms with Gasteiger partial charge in [-0.05, 0) is 105 Å². The second-order valence-corrected chi connectivity index (χ2v) is 16.6. The third-order valence-corrected chi connectivity index (χ3v) is 14.3. The summed E-state index contributed by atoms with van der Waals surface area (Å²) in [4.78, 5) is 0. The van der Waals surface area contributed by atoms with Crippen molar-refractivity contribution in [1.82, 2.24) is 0 Å². The molecule has 48 heavy (non-hydrogen) atoms. The topological polar surface area (TPSA) is 0 Å². The lowest BCUT2D eigenvalue weighted by Gasteiger charge is -2.29. The van der Waals surface area contributed by atoms with Crippen LogP contribution in [-0.4, -0.2) is 0 Å². The van der Waals surface area contributed by atoms with E-state index in [0.29, 0.717) is 0 Å². The quantitative estimate of drug-likeness (QED) is 0.151. The van der Waals surface area contributed by atoms with Crippen LogP contribution in [-0.2, 0) is 0 Å². The van der Waals surface area contributed by atoms with Crippen molar-refractivity contribution in [2.24, 2.45) is 0 Å². The molecule has 0 nitrogen and oxygen atoms in total. The Labute approximate surface area is 286 Å². The van der Waals surface area contributed by atoms with E-state index in [-0.39, 0.29) is 0 Å². The van der Waals surface area contributed by atoms with Crippen molar-refractivity contribution in [1.29, 1.82) is 0 Å². The molecule has 0 aliphatic rings. The van der Waals surface area contributed by atoms with Crippen molar-refractivity contribution < 1.29 is 0 Å². The van der Waals surface area contributed by atoms with E-state index in [1.807, 2.05) is 0 Å². The van der Waals surface area contributed by atoms with Crippen LogP contribution in [0, 0.1) is 13.8 Å². The Morgan fingerprint density at radius 1 is 0.271 bits per heavy atom. The van der Waals surface area contributed by atoms with E-state index in [9.17, 15) is 0 Å². The van der Waals surface area contributed by atoms with Crippen molar-refractivity contribution in [3.8, 4) is 11.1 Å². The van der Waals surface area contributed by atoms with Crippen LogP contribution in [0.2, 0.25) is 0 Å². The Balaban J connectivity index is 1.56. The zero-order valence-corrected chi connectivity index (χ0v) is 29.0. The van der Waals surface area contributed by atoms with E-state index >= 15 is 0 Å². The summed E-state index contributed by atoms with van der Waals surface area (Å²) >= 11 is 0. The summed E-state index contributed by atoms with van der Waals surface area (Å²) in [5, 5.41) is 13.5. The van der Waals surface area contributed by atoms with Crippen LogP contribution in [0.25, 0.3) is 32.7 Å². The lowest BCUT2D eigenvalue weighted by molar-refractivity contribution is 1.53. The predicted octanol–water partition coefficient (Wildman–Crippen LogP) is 9.79. The maximum Gasteiger partial charge on any atom is -0.000873 e. The summed E-state index contributed by atoms with van der Waals surface area (Å²) in [6, 6.07) is 67.9. The lowest BCUT2D eigenvalue weighted by Crippen LogP contribution is -2.26. The standard InChI is InChI=1S/C46H36P2/c1-33-17-15-27-41-39(33)29-31-43(47(35-19-7-3-8-20-35)36-21-9-4-10-22-36)45(41)46-42-28-16-18-34(2)40(42)30-32-44(46)48(37-23-11-5-12-24-37)38-25-13-6-14-26-38/h3-32H,1-2H3. The minimum absolute atomic E-state index is 0.869. The fourth-order valence-corrected chi connectivity index (χ4v) is 12.0. The van der Waals surface area contributed by atoms with Gasteiger partial charge in [0.1, 0.15) is 0 Å². The van der Waals surface area contributed by atoms with Gasteiger partial charge in [-0.3, -0.25) is 0 Å². The fraction of sp³-hybridized carbons (Fsp3) is 0.0435. The van der Waals surface area contributed by atoms with Gasteiger partial charge in [0, 0.05) is 0 Å². The Bertz CT molecular complexity index is 2100. The zero-order valence-electron chi connectivity index (χ0n) is 27.2. The van der Waals surface area contributed by atoms with Crippen LogP contribution in [0.1, 0.15) is 11.1 Å². The van der Waals surface area contributed by atoms with Crippen molar-refractivity contribution >= 4 is 69.2 Å². The van der Waals surface area contributed by atoms with E-state index in [0.717, 1.165) is 0 Å². The molecule has 2 heteroatoms. The lowest BCUT2D eigenvalue weighted by atomic mass is 9.91. The highest BCUT2D eigenvalue weighted by atomic mass is 31.1. The minimum atomic E-state index is -0.869. The summed E-state index contributed by atoms with van der Waals surface area (Å²) < 4.78 is 0. The molecule has 8 aromatic carbocycles. The van der Waals surface area contributed by atoms with Crippen LogP contribution >= 0.6 is 15.8 Å². The molecule has 0 radical (unpaired) electrons. The predicted molar refractivity (Wildman–Crippen MR) is 214 cm³/mol. The van der Waals surface area contributed by atoms with Gasteiger partial charge in [0.2, 0.25) is 0 Å². The first kappa shape index (κ1) is 30.5. The second-order valence-electron chi connectivity index (χ2n) is 12.3. The Morgan fingerprint density at radius 2 is 0.583 bits per heavy atom. The van der Waals surface area contributed by atoms with E-state index < -0.39 is 15.8 Å². The molecule has 0 aromatic heterocycles. The number of hydrogen-bond donors (Lipinski definition) is 0. The van der Waals surface area contributed by atoms with Crippen molar-refractivity contribution in [2.45, 2.75) is 13.8 Å². The highest BCUT2D eigenvalue weighted by molar-refractivity contribution is 7.80. The summed E-state index contributed by atoms with van der Waals surface area (Å²) in [6.45, 7) is 4.50. The summed E-state index contributed by atoms with van der Waals surface area (Å²) in [5.41, 5.74) is 5.33. The van der Waals surface area contributed by atoms with Crippen molar-refractivity contribution in [3.05, 3.63) is 193 Å². The van der Waals surface area contributed by atoms with Crippen LogP contribution in [0.3, 0.4) is 0 Å². The van der Waals surface area contributed by atoms with Gasteiger partial charge in [-0.1, -0.05) is 182 Å². The largest absolute Gasteiger partial charge is 0.0622 e. The third-order valence-electron chi connectivity index (χ3n) is 9.30. The van der Waals surface area contributed by atoms with Gasteiger partial charge in [0.15, 0.2) is 0 Å². The van der Waals surface area contributed by atoms with Gasteiger partial charge in [0.25, 0.3) is 0 Å². The number of fused-ring (bicyclic) bond motifs is 2. The first-order chi connectivity index (χ1) is 23.7. The van der Waals surface area contributed by atoms with Gasteiger partial charge in [-0.15, -0.1) is 0 Å². The second kappa shape index (κ2) is 13.3. The highest BCUT2D eigenvalue weighted by Crippen LogP contribution is 2.46. The first-order valence-electron chi connectivity index (χ1n) is 16.5. The molecule has 0 spiro atoms. The maximum absolute atomic E-state index is 2.45. The highest BCUT2D eigenvalue weighted by Gasteiger charge is 2.28. The fourth-order valence-electron chi connectivity index (χ4n) is 7.07. The Hall–Kier alpha value is -4.86. The van der Waals surface area contributed by atoms with Gasteiger partial charge in [-0.25, -0.2) is 0 Å². The molecular weight excluding hydrogens is 614 g/mol. The molecule has 8 aromatic rings. The average Bonchev–Trinajstić information content (AvgIpc) is 3.14. The van der Waals surface area contributed by atoms with Crippen molar-refractivity contribution in [3.63, 3.8) is 0 Å². The molecule has 230 valence electrons. The molecule has 0 heterocycles. The Kier molecular flexibility index (Phi) is 8.46. The van der Waals surface area contributed by atoms with Crippen LogP contribution in [0.4, 0.5) is 0 Å².